The van der Waals surface area contributed by atoms with Gasteiger partial charge in [0.05, 0.1) is 11.5 Å². The van der Waals surface area contributed by atoms with Crippen molar-refractivity contribution < 1.29 is 18.3 Å². The minimum Gasteiger partial charge on any atom is -0.508 e. The summed E-state index contributed by atoms with van der Waals surface area (Å²) in [4.78, 5) is 14.2. The number of rotatable bonds is 5. The molecule has 1 aliphatic carbocycles. The van der Waals surface area contributed by atoms with Crippen molar-refractivity contribution in [3.63, 3.8) is 0 Å². The summed E-state index contributed by atoms with van der Waals surface area (Å²) in [6.45, 7) is 1.08. The zero-order valence-electron chi connectivity index (χ0n) is 12.9. The van der Waals surface area contributed by atoms with Crippen LogP contribution in [0.2, 0.25) is 0 Å². The van der Waals surface area contributed by atoms with Crippen molar-refractivity contribution in [3.05, 3.63) is 29.8 Å². The van der Waals surface area contributed by atoms with Gasteiger partial charge in [0.25, 0.3) is 0 Å². The Bertz CT molecular complexity index is 685. The van der Waals surface area contributed by atoms with Crippen molar-refractivity contribution in [3.8, 4) is 5.75 Å². The second-order valence-corrected chi connectivity index (χ2v) is 8.77. The average molecular weight is 338 g/mol. The molecule has 1 unspecified atom stereocenters. The first-order valence-corrected chi connectivity index (χ1v) is 9.77. The lowest BCUT2D eigenvalue weighted by Gasteiger charge is -2.25. The molecule has 1 aliphatic heterocycles. The fourth-order valence-electron chi connectivity index (χ4n) is 2.88. The van der Waals surface area contributed by atoms with Crippen LogP contribution in [0.4, 0.5) is 4.79 Å². The van der Waals surface area contributed by atoms with Crippen LogP contribution >= 0.6 is 0 Å². The van der Waals surface area contributed by atoms with Gasteiger partial charge in [0.1, 0.15) is 5.75 Å². The van der Waals surface area contributed by atoms with Crippen LogP contribution in [0, 0.1) is 5.92 Å². The third-order valence-corrected chi connectivity index (χ3v) is 6.07. The quantitative estimate of drug-likeness (QED) is 0.852. The zero-order valence-corrected chi connectivity index (χ0v) is 13.8. The predicted molar refractivity (Wildman–Crippen MR) is 86.8 cm³/mol. The van der Waals surface area contributed by atoms with Crippen molar-refractivity contribution >= 4 is 15.9 Å². The Hall–Kier alpha value is -1.76. The number of nitrogens with zero attached hydrogens (tertiary/aromatic N) is 1. The minimum absolute atomic E-state index is 0.0299. The van der Waals surface area contributed by atoms with Crippen LogP contribution in [0.5, 0.6) is 5.75 Å². The maximum atomic E-state index is 12.5. The molecule has 23 heavy (non-hydrogen) atoms. The molecule has 1 saturated heterocycles. The van der Waals surface area contributed by atoms with E-state index in [-0.39, 0.29) is 29.3 Å². The summed E-state index contributed by atoms with van der Waals surface area (Å²) in [6, 6.07) is 6.35. The Morgan fingerprint density at radius 3 is 2.70 bits per heavy atom. The zero-order chi connectivity index (χ0) is 16.4. The van der Waals surface area contributed by atoms with Gasteiger partial charge in [-0.05, 0) is 42.9 Å². The van der Waals surface area contributed by atoms with Gasteiger partial charge in [-0.25, -0.2) is 13.2 Å². The van der Waals surface area contributed by atoms with Gasteiger partial charge in [-0.2, -0.15) is 0 Å². The van der Waals surface area contributed by atoms with E-state index in [4.69, 9.17) is 0 Å². The Labute approximate surface area is 136 Å². The van der Waals surface area contributed by atoms with Crippen molar-refractivity contribution in [2.45, 2.75) is 31.8 Å². The number of phenolic OH excluding ortho intramolecular Hbond substituents is 1. The molecule has 0 aromatic heterocycles. The SMILES string of the molecule is O=C(NC1CCS(=O)(=O)C1)N(Cc1cccc(O)c1)CC1CC1. The van der Waals surface area contributed by atoms with Crippen LogP contribution in [0.1, 0.15) is 24.8 Å². The van der Waals surface area contributed by atoms with Gasteiger partial charge in [0.15, 0.2) is 9.84 Å². The van der Waals surface area contributed by atoms with Crippen LogP contribution in [0.3, 0.4) is 0 Å². The number of nitrogens with one attached hydrogen (secondary N) is 1. The van der Waals surface area contributed by atoms with Crippen molar-refractivity contribution in [1.29, 1.82) is 0 Å². The van der Waals surface area contributed by atoms with Gasteiger partial charge in [0, 0.05) is 19.1 Å². The third kappa shape index (κ3) is 4.60. The highest BCUT2D eigenvalue weighted by Gasteiger charge is 2.32. The monoisotopic (exact) mass is 338 g/mol. The first-order chi connectivity index (χ1) is 10.9. The third-order valence-electron chi connectivity index (χ3n) is 4.31. The van der Waals surface area contributed by atoms with Crippen molar-refractivity contribution in [2.24, 2.45) is 5.92 Å². The molecule has 1 heterocycles. The normalized spacial score (nSPS) is 22.7. The van der Waals surface area contributed by atoms with Crippen LogP contribution in [0.15, 0.2) is 24.3 Å². The fourth-order valence-corrected chi connectivity index (χ4v) is 4.55. The molecule has 2 N–H and O–H groups in total. The minimum atomic E-state index is -3.01. The molecule has 1 saturated carbocycles. The summed E-state index contributed by atoms with van der Waals surface area (Å²) in [5.74, 6) is 0.886. The molecule has 7 heteroatoms. The molecule has 1 aromatic carbocycles. The standard InChI is InChI=1S/C16H22N2O4S/c19-15-3-1-2-13(8-15)10-18(9-12-4-5-12)16(20)17-14-6-7-23(21,22)11-14/h1-3,8,12,14,19H,4-7,9-11H2,(H,17,20). The molecule has 1 atom stereocenters. The highest BCUT2D eigenvalue weighted by molar-refractivity contribution is 7.91. The Balaban J connectivity index is 1.64. The lowest BCUT2D eigenvalue weighted by atomic mass is 10.2. The van der Waals surface area contributed by atoms with Gasteiger partial charge in [-0.15, -0.1) is 0 Å². The molecule has 126 valence electrons. The first kappa shape index (κ1) is 16.1. The fraction of sp³-hybridized carbons (Fsp3) is 0.562. The molecular formula is C16H22N2O4S. The summed E-state index contributed by atoms with van der Waals surface area (Å²) in [5.41, 5.74) is 0.861. The predicted octanol–water partition coefficient (Wildman–Crippen LogP) is 1.50. The molecule has 0 radical (unpaired) electrons. The lowest BCUT2D eigenvalue weighted by Crippen LogP contribution is -2.45. The number of urea groups is 1. The summed E-state index contributed by atoms with van der Waals surface area (Å²) in [7, 11) is -3.01. The average Bonchev–Trinajstić information content (AvgIpc) is 3.22. The molecule has 0 spiro atoms. The van der Waals surface area contributed by atoms with E-state index in [2.05, 4.69) is 5.32 Å². The molecule has 2 fully saturated rings. The number of carbonyl (C=O) groups excluding carboxylic acids is 1. The summed E-state index contributed by atoms with van der Waals surface area (Å²) in [5, 5.41) is 12.4. The highest BCUT2D eigenvalue weighted by atomic mass is 32.2. The van der Waals surface area contributed by atoms with E-state index in [0.29, 0.717) is 25.4 Å². The number of hydrogen-bond donors (Lipinski definition) is 2. The Kier molecular flexibility index (Phi) is 4.48. The van der Waals surface area contributed by atoms with E-state index < -0.39 is 9.84 Å². The van der Waals surface area contributed by atoms with E-state index >= 15 is 0 Å². The molecule has 1 aromatic rings. The van der Waals surface area contributed by atoms with Gasteiger partial charge in [-0.3, -0.25) is 0 Å². The van der Waals surface area contributed by atoms with Crippen LogP contribution < -0.4 is 5.32 Å². The number of aromatic hydroxyl groups is 1. The molecule has 2 aliphatic rings. The summed E-state index contributed by atoms with van der Waals surface area (Å²) >= 11 is 0. The molecule has 6 nitrogen and oxygen atoms in total. The van der Waals surface area contributed by atoms with Gasteiger partial charge in [0.2, 0.25) is 0 Å². The van der Waals surface area contributed by atoms with E-state index in [0.717, 1.165) is 18.4 Å². The maximum absolute atomic E-state index is 12.5. The summed E-state index contributed by atoms with van der Waals surface area (Å²) < 4.78 is 23.0. The number of phenols is 1. The number of benzene rings is 1. The topological polar surface area (TPSA) is 86.7 Å². The van der Waals surface area contributed by atoms with Crippen molar-refractivity contribution in [2.75, 3.05) is 18.1 Å². The van der Waals surface area contributed by atoms with Gasteiger partial charge in [-0.1, -0.05) is 12.1 Å². The molecular weight excluding hydrogens is 316 g/mol. The lowest BCUT2D eigenvalue weighted by molar-refractivity contribution is 0.189. The number of sulfone groups is 1. The maximum Gasteiger partial charge on any atom is 0.317 e. The highest BCUT2D eigenvalue weighted by Crippen LogP contribution is 2.30. The van der Waals surface area contributed by atoms with E-state index in [9.17, 15) is 18.3 Å². The second-order valence-electron chi connectivity index (χ2n) is 6.54. The number of amides is 2. The van der Waals surface area contributed by atoms with Crippen LogP contribution in [-0.4, -0.2) is 48.5 Å². The van der Waals surface area contributed by atoms with E-state index in [1.807, 2.05) is 6.07 Å². The Morgan fingerprint density at radius 2 is 2.09 bits per heavy atom. The largest absolute Gasteiger partial charge is 0.508 e. The van der Waals surface area contributed by atoms with Gasteiger partial charge >= 0.3 is 6.03 Å². The van der Waals surface area contributed by atoms with Crippen molar-refractivity contribution in [1.82, 2.24) is 10.2 Å². The molecule has 0 bridgehead atoms. The van der Waals surface area contributed by atoms with Gasteiger partial charge < -0.3 is 15.3 Å². The molecule has 2 amide bonds. The Morgan fingerprint density at radius 1 is 1.30 bits per heavy atom. The number of carbonyl (C=O) groups is 1. The summed E-state index contributed by atoms with van der Waals surface area (Å²) in [6.07, 6.45) is 2.74. The smallest absolute Gasteiger partial charge is 0.317 e. The number of hydrogen-bond acceptors (Lipinski definition) is 4. The molecule has 3 rings (SSSR count). The van der Waals surface area contributed by atoms with E-state index in [1.54, 1.807) is 23.1 Å². The van der Waals surface area contributed by atoms with E-state index in [1.165, 1.54) is 0 Å². The first-order valence-electron chi connectivity index (χ1n) is 7.95. The second kappa shape index (κ2) is 6.39. The van der Waals surface area contributed by atoms with Crippen LogP contribution in [0.25, 0.3) is 0 Å². The van der Waals surface area contributed by atoms with Crippen LogP contribution in [-0.2, 0) is 16.4 Å².